The van der Waals surface area contributed by atoms with E-state index in [1.807, 2.05) is 30.3 Å². The predicted molar refractivity (Wildman–Crippen MR) is 89.2 cm³/mol. The standard InChI is InChI=1S/C17H14ClN3O2/c18-13-11-8-4-5-9-12(11)20-15(13)17(23)21-14(16(19)22)10-6-2-1-3-7-10/h1-9,14,20H,(H2,19,22)(H,21,23). The Morgan fingerprint density at radius 3 is 2.35 bits per heavy atom. The molecule has 116 valence electrons. The smallest absolute Gasteiger partial charge is 0.270 e. The third-order valence-corrected chi connectivity index (χ3v) is 3.96. The van der Waals surface area contributed by atoms with Crippen LogP contribution in [0.2, 0.25) is 5.02 Å². The topological polar surface area (TPSA) is 88.0 Å². The van der Waals surface area contributed by atoms with Gasteiger partial charge in [0.2, 0.25) is 5.91 Å². The minimum atomic E-state index is -0.925. The zero-order valence-electron chi connectivity index (χ0n) is 12.0. The van der Waals surface area contributed by atoms with Gasteiger partial charge < -0.3 is 16.0 Å². The summed E-state index contributed by atoms with van der Waals surface area (Å²) in [6.45, 7) is 0. The second kappa shape index (κ2) is 6.14. The molecule has 0 saturated carbocycles. The normalized spacial score (nSPS) is 12.0. The molecule has 3 aromatic rings. The number of fused-ring (bicyclic) bond motifs is 1. The van der Waals surface area contributed by atoms with Crippen LogP contribution in [0.25, 0.3) is 10.9 Å². The van der Waals surface area contributed by atoms with Crippen molar-refractivity contribution in [3.8, 4) is 0 Å². The second-order valence-electron chi connectivity index (χ2n) is 5.08. The van der Waals surface area contributed by atoms with Gasteiger partial charge >= 0.3 is 0 Å². The number of H-pyrrole nitrogens is 1. The molecule has 2 amide bonds. The van der Waals surface area contributed by atoms with Crippen LogP contribution in [-0.4, -0.2) is 16.8 Å². The molecule has 0 fully saturated rings. The van der Waals surface area contributed by atoms with E-state index >= 15 is 0 Å². The first-order chi connectivity index (χ1) is 11.1. The fraction of sp³-hybridized carbons (Fsp3) is 0.0588. The van der Waals surface area contributed by atoms with Crippen LogP contribution >= 0.6 is 11.6 Å². The molecule has 6 heteroatoms. The minimum Gasteiger partial charge on any atom is -0.368 e. The van der Waals surface area contributed by atoms with E-state index in [-0.39, 0.29) is 5.69 Å². The molecule has 0 aliphatic rings. The molecule has 3 rings (SSSR count). The van der Waals surface area contributed by atoms with E-state index in [9.17, 15) is 9.59 Å². The Kier molecular flexibility index (Phi) is 4.04. The van der Waals surface area contributed by atoms with Crippen LogP contribution in [-0.2, 0) is 4.79 Å². The van der Waals surface area contributed by atoms with Crippen molar-refractivity contribution >= 4 is 34.3 Å². The summed E-state index contributed by atoms with van der Waals surface area (Å²) < 4.78 is 0. The maximum atomic E-state index is 12.5. The fourth-order valence-corrected chi connectivity index (χ4v) is 2.73. The number of amides is 2. The number of benzene rings is 2. The van der Waals surface area contributed by atoms with Crippen molar-refractivity contribution < 1.29 is 9.59 Å². The average molecular weight is 328 g/mol. The van der Waals surface area contributed by atoms with Crippen LogP contribution < -0.4 is 11.1 Å². The summed E-state index contributed by atoms with van der Waals surface area (Å²) in [5.41, 5.74) is 6.97. The molecule has 5 nitrogen and oxygen atoms in total. The highest BCUT2D eigenvalue weighted by molar-refractivity contribution is 6.38. The third-order valence-electron chi connectivity index (χ3n) is 3.56. The van der Waals surface area contributed by atoms with Gasteiger partial charge in [0.05, 0.1) is 5.02 Å². The van der Waals surface area contributed by atoms with Crippen LogP contribution in [0.1, 0.15) is 22.1 Å². The minimum absolute atomic E-state index is 0.204. The first-order valence-corrected chi connectivity index (χ1v) is 7.37. The van der Waals surface area contributed by atoms with Crippen molar-refractivity contribution in [3.63, 3.8) is 0 Å². The molecule has 1 unspecified atom stereocenters. The van der Waals surface area contributed by atoms with Gasteiger partial charge in [-0.25, -0.2) is 0 Å². The molecule has 0 saturated heterocycles. The van der Waals surface area contributed by atoms with Crippen LogP contribution in [0, 0.1) is 0 Å². The lowest BCUT2D eigenvalue weighted by atomic mass is 10.1. The van der Waals surface area contributed by atoms with Crippen molar-refractivity contribution in [1.29, 1.82) is 0 Å². The molecule has 0 aliphatic heterocycles. The van der Waals surface area contributed by atoms with Gasteiger partial charge in [0.15, 0.2) is 0 Å². The van der Waals surface area contributed by atoms with E-state index < -0.39 is 17.9 Å². The van der Waals surface area contributed by atoms with Gasteiger partial charge in [0.25, 0.3) is 5.91 Å². The Hall–Kier alpha value is -2.79. The molecule has 2 aromatic carbocycles. The summed E-state index contributed by atoms with van der Waals surface area (Å²) in [4.78, 5) is 27.1. The summed E-state index contributed by atoms with van der Waals surface area (Å²) in [5, 5.41) is 3.68. The molecule has 1 aromatic heterocycles. The quantitative estimate of drug-likeness (QED) is 0.688. The number of aromatic nitrogens is 1. The Labute approximate surface area is 137 Å². The molecule has 0 bridgehead atoms. The van der Waals surface area contributed by atoms with Crippen LogP contribution in [0.5, 0.6) is 0 Å². The van der Waals surface area contributed by atoms with Gasteiger partial charge in [-0.2, -0.15) is 0 Å². The highest BCUT2D eigenvalue weighted by atomic mass is 35.5. The van der Waals surface area contributed by atoms with Crippen LogP contribution in [0.3, 0.4) is 0 Å². The van der Waals surface area contributed by atoms with Gasteiger partial charge in [-0.3, -0.25) is 9.59 Å². The number of aromatic amines is 1. The molecule has 4 N–H and O–H groups in total. The van der Waals surface area contributed by atoms with Crippen LogP contribution in [0.4, 0.5) is 0 Å². The number of carbonyl (C=O) groups is 2. The molecule has 1 heterocycles. The summed E-state index contributed by atoms with van der Waals surface area (Å²) in [6, 6.07) is 15.2. The fourth-order valence-electron chi connectivity index (χ4n) is 2.43. The van der Waals surface area contributed by atoms with Crippen molar-refractivity contribution in [1.82, 2.24) is 10.3 Å². The molecule has 1 atom stereocenters. The highest BCUT2D eigenvalue weighted by Gasteiger charge is 2.23. The number of nitrogens with one attached hydrogen (secondary N) is 2. The molecular weight excluding hydrogens is 314 g/mol. The first-order valence-electron chi connectivity index (χ1n) is 6.99. The molecule has 0 radical (unpaired) electrons. The van der Waals surface area contributed by atoms with Crippen molar-refractivity contribution in [2.45, 2.75) is 6.04 Å². The molecule has 0 spiro atoms. The number of para-hydroxylation sites is 1. The molecular formula is C17H14ClN3O2. The van der Waals surface area contributed by atoms with Gasteiger partial charge in [-0.15, -0.1) is 0 Å². The lowest BCUT2D eigenvalue weighted by Gasteiger charge is -2.15. The van der Waals surface area contributed by atoms with Gasteiger partial charge in [-0.05, 0) is 11.6 Å². The molecule has 0 aliphatic carbocycles. The zero-order valence-corrected chi connectivity index (χ0v) is 12.8. The van der Waals surface area contributed by atoms with Crippen molar-refractivity contribution in [3.05, 3.63) is 70.9 Å². The lowest BCUT2D eigenvalue weighted by Crippen LogP contribution is -2.37. The number of halogens is 1. The maximum absolute atomic E-state index is 12.5. The molecule has 23 heavy (non-hydrogen) atoms. The number of hydrogen-bond acceptors (Lipinski definition) is 2. The van der Waals surface area contributed by atoms with Gasteiger partial charge in [0, 0.05) is 10.9 Å². The van der Waals surface area contributed by atoms with E-state index in [1.165, 1.54) is 0 Å². The van der Waals surface area contributed by atoms with E-state index in [4.69, 9.17) is 17.3 Å². The maximum Gasteiger partial charge on any atom is 0.270 e. The summed E-state index contributed by atoms with van der Waals surface area (Å²) >= 11 is 6.25. The Balaban J connectivity index is 1.92. The lowest BCUT2D eigenvalue weighted by molar-refractivity contribution is -0.120. The highest BCUT2D eigenvalue weighted by Crippen LogP contribution is 2.27. The Bertz CT molecular complexity index is 874. The monoisotopic (exact) mass is 327 g/mol. The third kappa shape index (κ3) is 2.91. The summed E-state index contributed by atoms with van der Waals surface area (Å²) in [7, 11) is 0. The SMILES string of the molecule is NC(=O)C(NC(=O)c1[nH]c2ccccc2c1Cl)c1ccccc1. The number of nitrogens with two attached hydrogens (primary N) is 1. The Morgan fingerprint density at radius 2 is 1.70 bits per heavy atom. The van der Waals surface area contributed by atoms with E-state index in [1.54, 1.807) is 24.3 Å². The number of primary amides is 1. The second-order valence-corrected chi connectivity index (χ2v) is 5.46. The van der Waals surface area contributed by atoms with E-state index in [0.717, 1.165) is 10.9 Å². The van der Waals surface area contributed by atoms with Crippen LogP contribution in [0.15, 0.2) is 54.6 Å². The summed E-state index contributed by atoms with van der Waals surface area (Å²) in [6.07, 6.45) is 0. The first kappa shape index (κ1) is 15.1. The van der Waals surface area contributed by atoms with E-state index in [2.05, 4.69) is 10.3 Å². The predicted octanol–water partition coefficient (Wildman–Crippen LogP) is 2.78. The van der Waals surface area contributed by atoms with Crippen molar-refractivity contribution in [2.24, 2.45) is 5.73 Å². The number of rotatable bonds is 4. The zero-order chi connectivity index (χ0) is 16.4. The largest absolute Gasteiger partial charge is 0.368 e. The summed E-state index contributed by atoms with van der Waals surface area (Å²) in [5.74, 6) is -1.13. The average Bonchev–Trinajstić information content (AvgIpc) is 2.90. The Morgan fingerprint density at radius 1 is 1.04 bits per heavy atom. The number of hydrogen-bond donors (Lipinski definition) is 3. The van der Waals surface area contributed by atoms with Gasteiger partial charge in [0.1, 0.15) is 11.7 Å². The number of carbonyl (C=O) groups excluding carboxylic acids is 2. The van der Waals surface area contributed by atoms with Gasteiger partial charge in [-0.1, -0.05) is 60.1 Å². The van der Waals surface area contributed by atoms with Crippen molar-refractivity contribution in [2.75, 3.05) is 0 Å². The van der Waals surface area contributed by atoms with E-state index in [0.29, 0.717) is 10.6 Å².